The van der Waals surface area contributed by atoms with Gasteiger partial charge in [-0.3, -0.25) is 0 Å². The molecule has 0 spiro atoms. The number of rotatable bonds is 4. The summed E-state index contributed by atoms with van der Waals surface area (Å²) >= 11 is 5.97. The fraction of sp³-hybridized carbons (Fsp3) is 0.636. The zero-order valence-corrected chi connectivity index (χ0v) is 11.3. The first-order valence-electron chi connectivity index (χ1n) is 5.94. The SMILES string of the molecule is CCCNc1nc(Cl)nc2c1N(C)CN2CC. The van der Waals surface area contributed by atoms with Crippen molar-refractivity contribution < 1.29 is 0 Å². The van der Waals surface area contributed by atoms with Crippen LogP contribution in [0.5, 0.6) is 0 Å². The minimum absolute atomic E-state index is 0.302. The molecule has 0 radical (unpaired) electrons. The molecule has 1 aliphatic heterocycles. The van der Waals surface area contributed by atoms with Crippen molar-refractivity contribution in [3.63, 3.8) is 0 Å². The maximum atomic E-state index is 5.97. The van der Waals surface area contributed by atoms with Crippen LogP contribution in [-0.4, -0.2) is 36.8 Å². The minimum Gasteiger partial charge on any atom is -0.368 e. The van der Waals surface area contributed by atoms with Crippen molar-refractivity contribution in [3.05, 3.63) is 5.28 Å². The highest BCUT2D eigenvalue weighted by Crippen LogP contribution is 2.38. The lowest BCUT2D eigenvalue weighted by molar-refractivity contribution is 0.835. The van der Waals surface area contributed by atoms with Crippen LogP contribution in [0, 0.1) is 0 Å². The smallest absolute Gasteiger partial charge is 0.226 e. The molecule has 5 nitrogen and oxygen atoms in total. The van der Waals surface area contributed by atoms with E-state index in [1.54, 1.807) is 0 Å². The van der Waals surface area contributed by atoms with E-state index in [1.165, 1.54) is 0 Å². The molecule has 0 atom stereocenters. The lowest BCUT2D eigenvalue weighted by Crippen LogP contribution is -2.27. The van der Waals surface area contributed by atoms with Crippen molar-refractivity contribution in [1.82, 2.24) is 9.97 Å². The molecule has 2 rings (SSSR count). The summed E-state index contributed by atoms with van der Waals surface area (Å²) in [5, 5.41) is 3.61. The molecule has 0 aromatic carbocycles. The predicted octanol–water partition coefficient (Wildman–Crippen LogP) is 2.19. The van der Waals surface area contributed by atoms with Crippen molar-refractivity contribution >= 4 is 28.9 Å². The fourth-order valence-electron chi connectivity index (χ4n) is 2.00. The van der Waals surface area contributed by atoms with Crippen LogP contribution < -0.4 is 15.1 Å². The number of halogens is 1. The molecule has 6 heteroatoms. The molecule has 1 aliphatic rings. The summed E-state index contributed by atoms with van der Waals surface area (Å²) in [5.74, 6) is 1.76. The summed E-state index contributed by atoms with van der Waals surface area (Å²) in [6.07, 6.45) is 1.05. The molecular formula is C11H18ClN5. The second-order valence-corrected chi connectivity index (χ2v) is 4.47. The summed E-state index contributed by atoms with van der Waals surface area (Å²) in [5.41, 5.74) is 1.05. The van der Waals surface area contributed by atoms with E-state index in [4.69, 9.17) is 11.6 Å². The molecule has 0 amide bonds. The van der Waals surface area contributed by atoms with Crippen molar-refractivity contribution in [1.29, 1.82) is 0 Å². The van der Waals surface area contributed by atoms with Crippen LogP contribution in [0.3, 0.4) is 0 Å². The average molecular weight is 256 g/mol. The molecule has 0 unspecified atom stereocenters. The molecule has 94 valence electrons. The summed E-state index contributed by atoms with van der Waals surface area (Å²) in [7, 11) is 2.04. The topological polar surface area (TPSA) is 44.3 Å². The Labute approximate surface area is 107 Å². The number of nitrogens with zero attached hydrogens (tertiary/aromatic N) is 4. The Balaban J connectivity index is 2.40. The molecule has 0 fully saturated rings. The number of aromatic nitrogens is 2. The molecule has 0 aliphatic carbocycles. The van der Waals surface area contributed by atoms with Crippen LogP contribution in [0.25, 0.3) is 0 Å². The second kappa shape index (κ2) is 4.96. The highest BCUT2D eigenvalue weighted by Gasteiger charge is 2.28. The largest absolute Gasteiger partial charge is 0.368 e. The predicted molar refractivity (Wildman–Crippen MR) is 72.1 cm³/mol. The molecule has 17 heavy (non-hydrogen) atoms. The van der Waals surface area contributed by atoms with E-state index in [2.05, 4.69) is 38.9 Å². The van der Waals surface area contributed by atoms with Gasteiger partial charge in [0.15, 0.2) is 11.6 Å². The Morgan fingerprint density at radius 3 is 2.76 bits per heavy atom. The number of hydrogen-bond donors (Lipinski definition) is 1. The molecule has 0 saturated carbocycles. The van der Waals surface area contributed by atoms with Crippen molar-refractivity contribution in [3.8, 4) is 0 Å². The van der Waals surface area contributed by atoms with Crippen LogP contribution >= 0.6 is 11.6 Å². The van der Waals surface area contributed by atoms with Crippen LogP contribution in [0.1, 0.15) is 20.3 Å². The third-order valence-electron chi connectivity index (χ3n) is 2.83. The molecule has 0 bridgehead atoms. The highest BCUT2D eigenvalue weighted by atomic mass is 35.5. The number of fused-ring (bicyclic) bond motifs is 1. The van der Waals surface area contributed by atoms with Gasteiger partial charge in [0.1, 0.15) is 5.69 Å². The standard InChI is InChI=1S/C11H18ClN5/c1-4-6-13-9-8-10(15-11(12)14-9)17(5-2)7-16(8)3/h4-7H2,1-3H3,(H,13,14,15). The van der Waals surface area contributed by atoms with Crippen LogP contribution in [0.2, 0.25) is 5.28 Å². The van der Waals surface area contributed by atoms with Gasteiger partial charge in [0.05, 0.1) is 6.67 Å². The lowest BCUT2D eigenvalue weighted by Gasteiger charge is -2.15. The number of hydrogen-bond acceptors (Lipinski definition) is 5. The Morgan fingerprint density at radius 1 is 1.35 bits per heavy atom. The Bertz CT molecular complexity index is 409. The summed E-state index contributed by atoms with van der Waals surface area (Å²) in [6, 6.07) is 0. The monoisotopic (exact) mass is 255 g/mol. The zero-order chi connectivity index (χ0) is 12.4. The summed E-state index contributed by atoms with van der Waals surface area (Å²) in [6.45, 7) is 6.87. The van der Waals surface area contributed by atoms with Gasteiger partial charge in [-0.2, -0.15) is 9.97 Å². The molecule has 1 aromatic rings. The molecule has 1 N–H and O–H groups in total. The van der Waals surface area contributed by atoms with Crippen LogP contribution in [0.15, 0.2) is 0 Å². The van der Waals surface area contributed by atoms with E-state index in [0.717, 1.165) is 43.5 Å². The van der Waals surface area contributed by atoms with Gasteiger partial charge in [0, 0.05) is 20.1 Å². The summed E-state index contributed by atoms with van der Waals surface area (Å²) < 4.78 is 0. The van der Waals surface area contributed by atoms with Gasteiger partial charge in [-0.15, -0.1) is 0 Å². The lowest BCUT2D eigenvalue weighted by atomic mass is 10.4. The minimum atomic E-state index is 0.302. The van der Waals surface area contributed by atoms with Crippen LogP contribution in [0.4, 0.5) is 17.3 Å². The van der Waals surface area contributed by atoms with Gasteiger partial charge < -0.3 is 15.1 Å². The zero-order valence-electron chi connectivity index (χ0n) is 10.5. The third-order valence-corrected chi connectivity index (χ3v) is 3.00. The van der Waals surface area contributed by atoms with E-state index < -0.39 is 0 Å². The van der Waals surface area contributed by atoms with E-state index >= 15 is 0 Å². The normalized spacial score (nSPS) is 14.1. The maximum absolute atomic E-state index is 5.97. The first-order chi connectivity index (χ1) is 8.17. The average Bonchev–Trinajstić information content (AvgIpc) is 2.62. The molecule has 2 heterocycles. The molecule has 0 saturated heterocycles. The Morgan fingerprint density at radius 2 is 2.12 bits per heavy atom. The molecule has 1 aromatic heterocycles. The van der Waals surface area contributed by atoms with Gasteiger partial charge in [-0.05, 0) is 24.9 Å². The van der Waals surface area contributed by atoms with E-state index in [9.17, 15) is 0 Å². The van der Waals surface area contributed by atoms with Crippen LogP contribution in [-0.2, 0) is 0 Å². The first kappa shape index (κ1) is 12.2. The van der Waals surface area contributed by atoms with Gasteiger partial charge in [0.25, 0.3) is 0 Å². The number of anilines is 3. The first-order valence-corrected chi connectivity index (χ1v) is 6.32. The molecular weight excluding hydrogens is 238 g/mol. The highest BCUT2D eigenvalue weighted by molar-refractivity contribution is 6.28. The summed E-state index contributed by atoms with van der Waals surface area (Å²) in [4.78, 5) is 12.9. The van der Waals surface area contributed by atoms with Crippen molar-refractivity contribution in [2.45, 2.75) is 20.3 Å². The van der Waals surface area contributed by atoms with E-state index in [1.807, 2.05) is 7.05 Å². The van der Waals surface area contributed by atoms with Crippen molar-refractivity contribution in [2.24, 2.45) is 0 Å². The second-order valence-electron chi connectivity index (χ2n) is 4.14. The fourth-order valence-corrected chi connectivity index (χ4v) is 2.16. The van der Waals surface area contributed by atoms with Crippen molar-refractivity contribution in [2.75, 3.05) is 41.9 Å². The van der Waals surface area contributed by atoms with E-state index in [0.29, 0.717) is 5.28 Å². The number of nitrogens with one attached hydrogen (secondary N) is 1. The van der Waals surface area contributed by atoms with Gasteiger partial charge >= 0.3 is 0 Å². The Kier molecular flexibility index (Phi) is 3.57. The Hall–Kier alpha value is -1.23. The van der Waals surface area contributed by atoms with Gasteiger partial charge in [0.2, 0.25) is 5.28 Å². The van der Waals surface area contributed by atoms with E-state index in [-0.39, 0.29) is 0 Å². The third kappa shape index (κ3) is 2.24. The quantitative estimate of drug-likeness (QED) is 0.836. The van der Waals surface area contributed by atoms with Gasteiger partial charge in [-0.1, -0.05) is 6.92 Å². The van der Waals surface area contributed by atoms with Gasteiger partial charge in [-0.25, -0.2) is 0 Å². The maximum Gasteiger partial charge on any atom is 0.226 e.